The van der Waals surface area contributed by atoms with Crippen molar-refractivity contribution >= 4 is 5.97 Å². The van der Waals surface area contributed by atoms with Crippen molar-refractivity contribution in [3.05, 3.63) is 70.1 Å². The van der Waals surface area contributed by atoms with E-state index >= 15 is 0 Å². The SMILES string of the molecule is COC(=O)C(c1ccccc1)n1c(C)cccc1=O. The number of hydrogen-bond donors (Lipinski definition) is 0. The van der Waals surface area contributed by atoms with E-state index in [9.17, 15) is 9.59 Å². The second kappa shape index (κ2) is 5.52. The molecular weight excluding hydrogens is 242 g/mol. The Balaban J connectivity index is 2.63. The number of rotatable bonds is 3. The smallest absolute Gasteiger partial charge is 0.333 e. The maximum atomic E-state index is 12.0. The summed E-state index contributed by atoms with van der Waals surface area (Å²) in [4.78, 5) is 24.1. The molecular formula is C15H15NO3. The van der Waals surface area contributed by atoms with Gasteiger partial charge < -0.3 is 4.74 Å². The van der Waals surface area contributed by atoms with Crippen molar-refractivity contribution in [1.82, 2.24) is 4.57 Å². The summed E-state index contributed by atoms with van der Waals surface area (Å²) < 4.78 is 6.28. The predicted octanol–water partition coefficient (Wildman–Crippen LogP) is 1.92. The molecule has 0 aliphatic rings. The number of esters is 1. The van der Waals surface area contributed by atoms with E-state index in [0.717, 1.165) is 5.56 Å². The largest absolute Gasteiger partial charge is 0.467 e. The van der Waals surface area contributed by atoms with Crippen molar-refractivity contribution in [2.45, 2.75) is 13.0 Å². The van der Waals surface area contributed by atoms with E-state index in [1.165, 1.54) is 17.7 Å². The van der Waals surface area contributed by atoms with Crippen LogP contribution in [0, 0.1) is 6.92 Å². The molecule has 0 aliphatic carbocycles. The Bertz CT molecular complexity index is 631. The Kier molecular flexibility index (Phi) is 3.80. The van der Waals surface area contributed by atoms with Gasteiger partial charge in [-0.3, -0.25) is 9.36 Å². The van der Waals surface area contributed by atoms with Crippen LogP contribution in [0.5, 0.6) is 0 Å². The minimum atomic E-state index is -0.750. The first-order chi connectivity index (χ1) is 9.15. The molecule has 0 spiro atoms. The Labute approximate surface area is 111 Å². The number of hydrogen-bond acceptors (Lipinski definition) is 3. The van der Waals surface area contributed by atoms with Crippen LogP contribution in [0.1, 0.15) is 17.3 Å². The summed E-state index contributed by atoms with van der Waals surface area (Å²) in [5.74, 6) is -0.456. The van der Waals surface area contributed by atoms with Crippen LogP contribution in [0.25, 0.3) is 0 Å². The molecule has 2 aromatic rings. The molecule has 1 unspecified atom stereocenters. The average Bonchev–Trinajstić information content (AvgIpc) is 2.43. The topological polar surface area (TPSA) is 48.3 Å². The fourth-order valence-corrected chi connectivity index (χ4v) is 2.07. The van der Waals surface area contributed by atoms with Crippen LogP contribution in [-0.4, -0.2) is 17.6 Å². The van der Waals surface area contributed by atoms with E-state index in [1.807, 2.05) is 18.2 Å². The quantitative estimate of drug-likeness (QED) is 0.789. The first-order valence-corrected chi connectivity index (χ1v) is 5.96. The number of carbonyl (C=O) groups is 1. The summed E-state index contributed by atoms with van der Waals surface area (Å²) in [6.45, 7) is 1.79. The summed E-state index contributed by atoms with van der Waals surface area (Å²) in [7, 11) is 1.32. The first-order valence-electron chi connectivity index (χ1n) is 5.96. The molecule has 1 atom stereocenters. The normalized spacial score (nSPS) is 11.9. The summed E-state index contributed by atoms with van der Waals surface area (Å²) in [6, 6.07) is 13.3. The van der Waals surface area contributed by atoms with Gasteiger partial charge in [-0.2, -0.15) is 0 Å². The summed E-state index contributed by atoms with van der Waals surface area (Å²) >= 11 is 0. The van der Waals surface area contributed by atoms with Gasteiger partial charge in [-0.05, 0) is 18.6 Å². The van der Waals surface area contributed by atoms with E-state index < -0.39 is 12.0 Å². The van der Waals surface area contributed by atoms with Gasteiger partial charge in [0.25, 0.3) is 5.56 Å². The zero-order valence-electron chi connectivity index (χ0n) is 10.9. The molecule has 0 N–H and O–H groups in total. The Morgan fingerprint density at radius 1 is 1.11 bits per heavy atom. The summed E-state index contributed by atoms with van der Waals surface area (Å²) in [5, 5.41) is 0. The van der Waals surface area contributed by atoms with Crippen LogP contribution >= 0.6 is 0 Å². The molecule has 0 saturated carbocycles. The zero-order chi connectivity index (χ0) is 13.8. The molecule has 0 saturated heterocycles. The van der Waals surface area contributed by atoms with Gasteiger partial charge in [0, 0.05) is 11.8 Å². The number of carbonyl (C=O) groups excluding carboxylic acids is 1. The molecule has 1 aromatic carbocycles. The summed E-state index contributed by atoms with van der Waals surface area (Å²) in [6.07, 6.45) is 0. The van der Waals surface area contributed by atoms with E-state index in [2.05, 4.69) is 0 Å². The monoisotopic (exact) mass is 257 g/mol. The molecule has 0 fully saturated rings. The molecule has 19 heavy (non-hydrogen) atoms. The molecule has 2 rings (SSSR count). The lowest BCUT2D eigenvalue weighted by Crippen LogP contribution is -2.32. The molecule has 0 aliphatic heterocycles. The molecule has 0 radical (unpaired) electrons. The van der Waals surface area contributed by atoms with Gasteiger partial charge in [-0.15, -0.1) is 0 Å². The molecule has 0 amide bonds. The van der Waals surface area contributed by atoms with Crippen LogP contribution in [0.4, 0.5) is 0 Å². The predicted molar refractivity (Wildman–Crippen MR) is 72.0 cm³/mol. The second-order valence-corrected chi connectivity index (χ2v) is 4.21. The zero-order valence-corrected chi connectivity index (χ0v) is 10.9. The van der Waals surface area contributed by atoms with Crippen LogP contribution in [-0.2, 0) is 9.53 Å². The Morgan fingerprint density at radius 3 is 2.37 bits per heavy atom. The average molecular weight is 257 g/mol. The highest BCUT2D eigenvalue weighted by molar-refractivity contribution is 5.78. The fourth-order valence-electron chi connectivity index (χ4n) is 2.07. The number of aryl methyl sites for hydroxylation is 1. The van der Waals surface area contributed by atoms with Gasteiger partial charge in [-0.1, -0.05) is 36.4 Å². The van der Waals surface area contributed by atoms with E-state index in [-0.39, 0.29) is 5.56 Å². The molecule has 4 nitrogen and oxygen atoms in total. The minimum Gasteiger partial charge on any atom is -0.467 e. The van der Waals surface area contributed by atoms with Crippen LogP contribution in [0.2, 0.25) is 0 Å². The van der Waals surface area contributed by atoms with E-state index in [4.69, 9.17) is 4.74 Å². The number of aromatic nitrogens is 1. The molecule has 98 valence electrons. The van der Waals surface area contributed by atoms with Crippen molar-refractivity contribution < 1.29 is 9.53 Å². The highest BCUT2D eigenvalue weighted by Gasteiger charge is 2.25. The highest BCUT2D eigenvalue weighted by Crippen LogP contribution is 2.19. The van der Waals surface area contributed by atoms with Gasteiger partial charge in [0.05, 0.1) is 7.11 Å². The van der Waals surface area contributed by atoms with Crippen LogP contribution in [0.15, 0.2) is 53.3 Å². The van der Waals surface area contributed by atoms with Gasteiger partial charge in [0.2, 0.25) is 0 Å². The molecule has 1 heterocycles. The van der Waals surface area contributed by atoms with Crippen LogP contribution in [0.3, 0.4) is 0 Å². The second-order valence-electron chi connectivity index (χ2n) is 4.21. The standard InChI is InChI=1S/C15H15NO3/c1-11-7-6-10-13(17)16(11)14(15(18)19-2)12-8-4-3-5-9-12/h3-10,14H,1-2H3. The summed E-state index contributed by atoms with van der Waals surface area (Å²) in [5.41, 5.74) is 1.22. The number of pyridine rings is 1. The lowest BCUT2D eigenvalue weighted by atomic mass is 10.1. The van der Waals surface area contributed by atoms with Crippen molar-refractivity contribution in [3.63, 3.8) is 0 Å². The number of benzene rings is 1. The van der Waals surface area contributed by atoms with E-state index in [1.54, 1.807) is 31.2 Å². The third kappa shape index (κ3) is 2.57. The minimum absolute atomic E-state index is 0.223. The lowest BCUT2D eigenvalue weighted by Gasteiger charge is -2.20. The van der Waals surface area contributed by atoms with Gasteiger partial charge >= 0.3 is 5.97 Å². The van der Waals surface area contributed by atoms with Crippen molar-refractivity contribution in [1.29, 1.82) is 0 Å². The first kappa shape index (κ1) is 13.1. The lowest BCUT2D eigenvalue weighted by molar-refractivity contribution is -0.143. The third-order valence-electron chi connectivity index (χ3n) is 2.99. The maximum Gasteiger partial charge on any atom is 0.333 e. The molecule has 4 heteroatoms. The molecule has 0 bridgehead atoms. The Hall–Kier alpha value is -2.36. The van der Waals surface area contributed by atoms with Crippen molar-refractivity contribution in [2.24, 2.45) is 0 Å². The number of methoxy groups -OCH3 is 1. The maximum absolute atomic E-state index is 12.0. The fraction of sp³-hybridized carbons (Fsp3) is 0.200. The Morgan fingerprint density at radius 2 is 1.79 bits per heavy atom. The molecule has 1 aromatic heterocycles. The number of nitrogens with zero attached hydrogens (tertiary/aromatic N) is 1. The van der Waals surface area contributed by atoms with Crippen molar-refractivity contribution in [2.75, 3.05) is 7.11 Å². The van der Waals surface area contributed by atoms with Crippen LogP contribution < -0.4 is 5.56 Å². The number of ether oxygens (including phenoxy) is 1. The highest BCUT2D eigenvalue weighted by atomic mass is 16.5. The van der Waals surface area contributed by atoms with Gasteiger partial charge in [-0.25, -0.2) is 4.79 Å². The third-order valence-corrected chi connectivity index (χ3v) is 2.99. The van der Waals surface area contributed by atoms with Gasteiger partial charge in [0.15, 0.2) is 6.04 Å². The van der Waals surface area contributed by atoms with E-state index in [0.29, 0.717) is 5.69 Å². The van der Waals surface area contributed by atoms with Crippen molar-refractivity contribution in [3.8, 4) is 0 Å². The van der Waals surface area contributed by atoms with Gasteiger partial charge in [0.1, 0.15) is 0 Å².